The number of carbonyl (C=O) groups is 3. The smallest absolute Gasteiger partial charge is 0.352 e. The quantitative estimate of drug-likeness (QED) is 0.251. The van der Waals surface area contributed by atoms with Crippen molar-refractivity contribution in [3.05, 3.63) is 94.2 Å². The third-order valence-electron chi connectivity index (χ3n) is 6.88. The lowest BCUT2D eigenvalue weighted by molar-refractivity contribution is 0.0687. The van der Waals surface area contributed by atoms with Crippen LogP contribution in [-0.2, 0) is 22.1 Å². The average molecular weight is 603 g/mol. The van der Waals surface area contributed by atoms with Crippen molar-refractivity contribution in [2.75, 3.05) is 5.32 Å². The van der Waals surface area contributed by atoms with Crippen LogP contribution in [-0.4, -0.2) is 50.4 Å². The van der Waals surface area contributed by atoms with Crippen molar-refractivity contribution in [1.29, 1.82) is 0 Å². The summed E-state index contributed by atoms with van der Waals surface area (Å²) in [5.41, 5.74) is 2.94. The maximum absolute atomic E-state index is 15.0. The molecule has 218 valence electrons. The van der Waals surface area contributed by atoms with E-state index in [2.05, 4.69) is 15.5 Å². The van der Waals surface area contributed by atoms with Gasteiger partial charge in [0.15, 0.2) is 5.82 Å². The Hall–Kier alpha value is -4.96. The molecule has 0 radical (unpaired) electrons. The first-order valence-electron chi connectivity index (χ1n) is 12.0. The van der Waals surface area contributed by atoms with Crippen LogP contribution >= 0.6 is 0 Å². The first-order valence-corrected chi connectivity index (χ1v) is 13.5. The van der Waals surface area contributed by atoms with E-state index in [0.29, 0.717) is 24.3 Å². The Morgan fingerprint density at radius 2 is 1.74 bits per heavy atom. The van der Waals surface area contributed by atoms with Crippen LogP contribution < -0.4 is 11.1 Å². The maximum atomic E-state index is 15.0. The number of primary amides is 1. The first-order chi connectivity index (χ1) is 19.6. The molecule has 2 amide bonds. The number of carboxylic acids is 1. The van der Waals surface area contributed by atoms with E-state index in [4.69, 9.17) is 5.73 Å². The lowest BCUT2D eigenvalue weighted by Gasteiger charge is -2.30. The highest BCUT2D eigenvalue weighted by Crippen LogP contribution is 2.44. The molecule has 2 aromatic heterocycles. The van der Waals surface area contributed by atoms with Crippen molar-refractivity contribution in [1.82, 2.24) is 19.1 Å². The number of hydrogen-bond acceptors (Lipinski definition) is 6. The molecule has 0 unspecified atom stereocenters. The number of aromatic amines is 1. The molecule has 0 fully saturated rings. The van der Waals surface area contributed by atoms with E-state index in [1.54, 1.807) is 0 Å². The van der Waals surface area contributed by atoms with Crippen LogP contribution in [0.1, 0.15) is 56.3 Å². The molecule has 0 saturated heterocycles. The van der Waals surface area contributed by atoms with Gasteiger partial charge in [-0.1, -0.05) is 0 Å². The van der Waals surface area contributed by atoms with Crippen LogP contribution in [0.4, 0.5) is 19.0 Å². The van der Waals surface area contributed by atoms with E-state index in [1.165, 1.54) is 32.2 Å². The van der Waals surface area contributed by atoms with Crippen LogP contribution in [0.15, 0.2) is 53.6 Å². The number of sulfonamides is 1. The number of carboxylic acid groups (broad SMARTS) is 1. The predicted molar refractivity (Wildman–Crippen MR) is 140 cm³/mol. The minimum absolute atomic E-state index is 0.139. The van der Waals surface area contributed by atoms with Crippen molar-refractivity contribution < 1.29 is 41.1 Å². The van der Waals surface area contributed by atoms with Crippen molar-refractivity contribution >= 4 is 33.6 Å². The molecule has 4 aromatic rings. The highest BCUT2D eigenvalue weighted by Gasteiger charge is 2.48. The molecular weight excluding hydrogens is 581 g/mol. The fraction of sp³-hybridized carbons (Fsp3) is 0.154. The summed E-state index contributed by atoms with van der Waals surface area (Å²) < 4.78 is 71.3. The molecule has 0 spiro atoms. The van der Waals surface area contributed by atoms with Crippen molar-refractivity contribution in [3.63, 3.8) is 0 Å². The largest absolute Gasteiger partial charge is 0.477 e. The van der Waals surface area contributed by atoms with Gasteiger partial charge < -0.3 is 20.7 Å². The second-order valence-electron chi connectivity index (χ2n) is 9.84. The topological polar surface area (TPSA) is 180 Å². The summed E-state index contributed by atoms with van der Waals surface area (Å²) in [5.74, 6) is -6.86. The molecule has 0 atom stereocenters. The Labute approximate surface area is 235 Å². The molecule has 42 heavy (non-hydrogen) atoms. The Balaban J connectivity index is 1.52. The van der Waals surface area contributed by atoms with E-state index in [-0.39, 0.29) is 35.0 Å². The minimum Gasteiger partial charge on any atom is -0.477 e. The highest BCUT2D eigenvalue weighted by atomic mass is 32.2. The lowest BCUT2D eigenvalue weighted by atomic mass is 10.0. The number of anilines is 1. The minimum atomic E-state index is -4.45. The lowest BCUT2D eigenvalue weighted by Crippen LogP contribution is -2.40. The molecule has 0 saturated carbocycles. The summed E-state index contributed by atoms with van der Waals surface area (Å²) in [7, 11) is -4.45. The van der Waals surface area contributed by atoms with Crippen LogP contribution in [0, 0.1) is 17.5 Å². The van der Waals surface area contributed by atoms with Crippen molar-refractivity contribution in [3.8, 4) is 5.69 Å². The molecular formula is C26H21F3N6O6S. The van der Waals surface area contributed by atoms with Gasteiger partial charge in [-0.3, -0.25) is 14.7 Å². The number of aromatic carboxylic acids is 1. The summed E-state index contributed by atoms with van der Waals surface area (Å²) in [4.78, 5) is 36.4. The number of aromatic nitrogens is 3. The summed E-state index contributed by atoms with van der Waals surface area (Å²) in [6.07, 6.45) is 1.25. The van der Waals surface area contributed by atoms with E-state index < -0.39 is 66.8 Å². The van der Waals surface area contributed by atoms with Gasteiger partial charge >= 0.3 is 5.97 Å². The van der Waals surface area contributed by atoms with Gasteiger partial charge in [-0.25, -0.2) is 26.4 Å². The number of fused-ring (bicyclic) bond motifs is 1. The van der Waals surface area contributed by atoms with Crippen molar-refractivity contribution in [2.24, 2.45) is 5.73 Å². The molecule has 0 aliphatic carbocycles. The number of nitrogens with two attached hydrogens (primary N) is 1. The zero-order valence-corrected chi connectivity index (χ0v) is 22.6. The van der Waals surface area contributed by atoms with Crippen LogP contribution in [0.3, 0.4) is 0 Å². The Morgan fingerprint density at radius 1 is 1.07 bits per heavy atom. The Morgan fingerprint density at radius 3 is 2.36 bits per heavy atom. The Kier molecular flexibility index (Phi) is 6.70. The summed E-state index contributed by atoms with van der Waals surface area (Å²) >= 11 is 0. The third-order valence-corrected chi connectivity index (χ3v) is 8.88. The van der Waals surface area contributed by atoms with Crippen molar-refractivity contribution in [2.45, 2.75) is 30.8 Å². The molecule has 16 heteroatoms. The van der Waals surface area contributed by atoms with Crippen LogP contribution in [0.5, 0.6) is 0 Å². The van der Waals surface area contributed by atoms with E-state index in [1.807, 2.05) is 0 Å². The highest BCUT2D eigenvalue weighted by molar-refractivity contribution is 7.89. The fourth-order valence-corrected chi connectivity index (χ4v) is 6.63. The van der Waals surface area contributed by atoms with Gasteiger partial charge in [-0.2, -0.15) is 9.40 Å². The monoisotopic (exact) mass is 602 g/mol. The molecule has 5 N–H and O–H groups in total. The van der Waals surface area contributed by atoms with Gasteiger partial charge in [0.1, 0.15) is 23.1 Å². The van der Waals surface area contributed by atoms with Crippen LogP contribution in [0.2, 0.25) is 0 Å². The fourth-order valence-electron chi connectivity index (χ4n) is 4.86. The third kappa shape index (κ3) is 4.59. The molecule has 1 aliphatic heterocycles. The molecule has 12 nitrogen and oxygen atoms in total. The zero-order valence-electron chi connectivity index (χ0n) is 21.8. The SMILES string of the molecule is CC1(C)c2[nH]nc(NC(=O)c3cc(-n4cccc4C(=O)O)c(F)cc3C(N)=O)c2CN1S(=O)(=O)c1cc(F)cc(F)c1. The van der Waals surface area contributed by atoms with E-state index >= 15 is 0 Å². The molecule has 0 bridgehead atoms. The zero-order chi connectivity index (χ0) is 30.7. The summed E-state index contributed by atoms with van der Waals surface area (Å²) in [6.45, 7) is 2.67. The molecule has 1 aliphatic rings. The standard InChI is InChI=1S/C26H21F3N6O6S/c1-26(2)21-17(11-35(26)42(40,41)14-7-12(27)6-13(28)8-14)23(33-32-21)31-24(37)16-10-20(18(29)9-15(16)22(30)36)34-5-3-4-19(34)25(38)39/h3-10H,11H2,1-2H3,(H2,30,36)(H,38,39)(H2,31,32,33,37). The first kappa shape index (κ1) is 28.6. The molecule has 3 heterocycles. The number of benzene rings is 2. The van der Waals surface area contributed by atoms with Gasteiger partial charge in [0.05, 0.1) is 32.9 Å². The second-order valence-corrected chi connectivity index (χ2v) is 11.7. The molecule has 2 aromatic carbocycles. The van der Waals surface area contributed by atoms with Gasteiger partial charge in [0, 0.05) is 24.4 Å². The summed E-state index contributed by atoms with van der Waals surface area (Å²) in [6, 6.07) is 6.09. The van der Waals surface area contributed by atoms with Gasteiger partial charge in [-0.05, 0) is 50.2 Å². The van der Waals surface area contributed by atoms with E-state index in [0.717, 1.165) is 14.9 Å². The number of amides is 2. The van der Waals surface area contributed by atoms with Gasteiger partial charge in [0.25, 0.3) is 5.91 Å². The molecule has 5 rings (SSSR count). The number of H-pyrrole nitrogens is 1. The van der Waals surface area contributed by atoms with E-state index in [9.17, 15) is 41.1 Å². The van der Waals surface area contributed by atoms with Crippen LogP contribution in [0.25, 0.3) is 5.69 Å². The maximum Gasteiger partial charge on any atom is 0.352 e. The van der Waals surface area contributed by atoms with Gasteiger partial charge in [-0.15, -0.1) is 0 Å². The average Bonchev–Trinajstić information content (AvgIpc) is 3.59. The summed E-state index contributed by atoms with van der Waals surface area (Å²) in [5, 5.41) is 18.6. The number of carbonyl (C=O) groups excluding carboxylic acids is 2. The second kappa shape index (κ2) is 9.85. The number of nitrogens with one attached hydrogen (secondary N) is 2. The van der Waals surface area contributed by atoms with Gasteiger partial charge in [0.2, 0.25) is 15.9 Å². The number of nitrogens with zero attached hydrogens (tertiary/aromatic N) is 3. The number of rotatable bonds is 7. The normalized spacial score (nSPS) is 14.5. The predicted octanol–water partition coefficient (Wildman–Crippen LogP) is 3.11. The Bertz CT molecular complexity index is 1900. The number of halogens is 3. The number of hydrogen-bond donors (Lipinski definition) is 4.